The van der Waals surface area contributed by atoms with Crippen LogP contribution in [0.4, 0.5) is 0 Å². The summed E-state index contributed by atoms with van der Waals surface area (Å²) in [6.45, 7) is 8.33. The summed E-state index contributed by atoms with van der Waals surface area (Å²) in [5, 5.41) is 38.9. The molecule has 0 amide bonds. The number of aliphatic hydroxyl groups excluding tert-OH is 4. The Morgan fingerprint density at radius 3 is 2.50 bits per heavy atom. The van der Waals surface area contributed by atoms with E-state index in [0.29, 0.717) is 6.54 Å². The van der Waals surface area contributed by atoms with Crippen molar-refractivity contribution in [1.82, 2.24) is 4.90 Å². The number of likely N-dealkylation sites (tertiary alicyclic amines) is 1. The quantitative estimate of drug-likeness (QED) is 0.271. The van der Waals surface area contributed by atoms with Gasteiger partial charge in [-0.1, -0.05) is 19.4 Å². The van der Waals surface area contributed by atoms with Gasteiger partial charge >= 0.3 is 0 Å². The molecule has 4 N–H and O–H groups in total. The van der Waals surface area contributed by atoms with Crippen LogP contribution in [0.1, 0.15) is 51.9 Å². The highest BCUT2D eigenvalue weighted by Crippen LogP contribution is 2.19. The fourth-order valence-corrected chi connectivity index (χ4v) is 3.63. The average Bonchev–Trinajstić information content (AvgIpc) is 2.64. The van der Waals surface area contributed by atoms with E-state index in [4.69, 9.17) is 4.74 Å². The number of unbranched alkanes of at least 4 members (excludes halogenated alkanes) is 2. The van der Waals surface area contributed by atoms with Crippen molar-refractivity contribution in [2.75, 3.05) is 32.9 Å². The lowest BCUT2D eigenvalue weighted by molar-refractivity contribution is -0.145. The molecule has 6 heteroatoms. The Morgan fingerprint density at radius 2 is 1.85 bits per heavy atom. The normalized spacial score (nSPS) is 28.2. The van der Waals surface area contributed by atoms with E-state index < -0.39 is 24.4 Å². The van der Waals surface area contributed by atoms with Crippen LogP contribution in [0.25, 0.3) is 0 Å². The number of allylic oxidation sites excluding steroid dienone is 1. The van der Waals surface area contributed by atoms with Crippen molar-refractivity contribution in [3.05, 3.63) is 12.7 Å². The first-order valence-corrected chi connectivity index (χ1v) is 10.1. The van der Waals surface area contributed by atoms with Gasteiger partial charge in [0.2, 0.25) is 0 Å². The van der Waals surface area contributed by atoms with E-state index in [-0.39, 0.29) is 13.2 Å². The summed E-state index contributed by atoms with van der Waals surface area (Å²) >= 11 is 0. The SMILES string of the molecule is C=CCC(CC)CCCOCCCCCN1C[C@H](O)[C@@H](O)[C@H](O)[C@@H]1CO. The number of nitrogens with zero attached hydrogens (tertiary/aromatic N) is 1. The molecule has 0 aromatic rings. The number of hydrogen-bond acceptors (Lipinski definition) is 6. The van der Waals surface area contributed by atoms with Crippen molar-refractivity contribution in [2.24, 2.45) is 5.92 Å². The lowest BCUT2D eigenvalue weighted by Gasteiger charge is -2.43. The summed E-state index contributed by atoms with van der Waals surface area (Å²) in [6.07, 6.45) is 6.18. The van der Waals surface area contributed by atoms with E-state index in [2.05, 4.69) is 13.5 Å². The zero-order chi connectivity index (χ0) is 19.4. The van der Waals surface area contributed by atoms with Crippen LogP contribution in [0.15, 0.2) is 12.7 Å². The van der Waals surface area contributed by atoms with Gasteiger partial charge in [-0.15, -0.1) is 6.58 Å². The zero-order valence-electron chi connectivity index (χ0n) is 16.3. The molecular weight excluding hydrogens is 334 g/mol. The molecular formula is C20H39NO5. The minimum atomic E-state index is -1.18. The summed E-state index contributed by atoms with van der Waals surface area (Å²) in [4.78, 5) is 1.87. The summed E-state index contributed by atoms with van der Waals surface area (Å²) in [5.41, 5.74) is 0. The predicted molar refractivity (Wildman–Crippen MR) is 103 cm³/mol. The number of β-amino-alcohol motifs (C(OH)–C–C–N with tert-alkyl or cyclic N) is 1. The van der Waals surface area contributed by atoms with Crippen LogP contribution in [0.2, 0.25) is 0 Å². The van der Waals surface area contributed by atoms with Crippen LogP contribution in [0.5, 0.6) is 0 Å². The summed E-state index contributed by atoms with van der Waals surface area (Å²) in [6, 6.07) is -0.508. The zero-order valence-corrected chi connectivity index (χ0v) is 16.3. The Hall–Kier alpha value is -0.500. The van der Waals surface area contributed by atoms with Gasteiger partial charge in [0.15, 0.2) is 0 Å². The van der Waals surface area contributed by atoms with Gasteiger partial charge in [-0.3, -0.25) is 4.90 Å². The molecule has 154 valence electrons. The largest absolute Gasteiger partial charge is 0.395 e. The van der Waals surface area contributed by atoms with Gasteiger partial charge in [0, 0.05) is 19.8 Å². The summed E-state index contributed by atoms with van der Waals surface area (Å²) < 4.78 is 5.70. The minimum absolute atomic E-state index is 0.224. The number of piperidine rings is 1. The molecule has 0 radical (unpaired) electrons. The maximum atomic E-state index is 9.95. The maximum Gasteiger partial charge on any atom is 0.109 e. The van der Waals surface area contributed by atoms with Crippen molar-refractivity contribution < 1.29 is 25.2 Å². The number of aliphatic hydroxyl groups is 4. The summed E-state index contributed by atoms with van der Waals surface area (Å²) in [7, 11) is 0. The van der Waals surface area contributed by atoms with Gasteiger partial charge in [-0.05, 0) is 51.0 Å². The van der Waals surface area contributed by atoms with E-state index in [9.17, 15) is 20.4 Å². The topological polar surface area (TPSA) is 93.4 Å². The van der Waals surface area contributed by atoms with Crippen LogP contribution in [-0.2, 0) is 4.74 Å². The molecule has 6 nitrogen and oxygen atoms in total. The first-order chi connectivity index (χ1) is 12.5. The fraction of sp³-hybridized carbons (Fsp3) is 0.900. The van der Waals surface area contributed by atoms with Gasteiger partial charge in [-0.25, -0.2) is 0 Å². The van der Waals surface area contributed by atoms with Crippen LogP contribution >= 0.6 is 0 Å². The van der Waals surface area contributed by atoms with E-state index in [1.54, 1.807) is 0 Å². The highest BCUT2D eigenvalue weighted by molar-refractivity contribution is 4.93. The number of rotatable bonds is 14. The van der Waals surface area contributed by atoms with Gasteiger partial charge in [0.25, 0.3) is 0 Å². The highest BCUT2D eigenvalue weighted by atomic mass is 16.5. The second-order valence-electron chi connectivity index (χ2n) is 7.41. The molecule has 0 saturated carbocycles. The second kappa shape index (κ2) is 13.6. The Morgan fingerprint density at radius 1 is 1.12 bits per heavy atom. The molecule has 1 fully saturated rings. The molecule has 0 aromatic heterocycles. The van der Waals surface area contributed by atoms with E-state index in [0.717, 1.165) is 51.2 Å². The fourth-order valence-electron chi connectivity index (χ4n) is 3.63. The van der Waals surface area contributed by atoms with E-state index in [1.807, 2.05) is 11.0 Å². The smallest absolute Gasteiger partial charge is 0.109 e. The molecule has 1 unspecified atom stereocenters. The molecule has 1 aliphatic rings. The molecule has 26 heavy (non-hydrogen) atoms. The van der Waals surface area contributed by atoms with Gasteiger partial charge in [-0.2, -0.15) is 0 Å². The van der Waals surface area contributed by atoms with E-state index in [1.165, 1.54) is 12.8 Å². The molecule has 0 bridgehead atoms. The Kier molecular flexibility index (Phi) is 12.3. The first kappa shape index (κ1) is 23.5. The third-order valence-corrected chi connectivity index (χ3v) is 5.43. The van der Waals surface area contributed by atoms with Crippen molar-refractivity contribution in [1.29, 1.82) is 0 Å². The van der Waals surface area contributed by atoms with Crippen molar-refractivity contribution in [2.45, 2.75) is 76.2 Å². The lowest BCUT2D eigenvalue weighted by Crippen LogP contribution is -2.62. The number of ether oxygens (including phenoxy) is 1. The average molecular weight is 374 g/mol. The lowest BCUT2D eigenvalue weighted by atomic mass is 9.94. The minimum Gasteiger partial charge on any atom is -0.395 e. The monoisotopic (exact) mass is 373 g/mol. The van der Waals surface area contributed by atoms with Crippen LogP contribution in [0.3, 0.4) is 0 Å². The van der Waals surface area contributed by atoms with Gasteiger partial charge < -0.3 is 25.2 Å². The molecule has 0 spiro atoms. The van der Waals surface area contributed by atoms with Crippen molar-refractivity contribution in [3.63, 3.8) is 0 Å². The maximum absolute atomic E-state index is 9.95. The molecule has 1 rings (SSSR count). The molecule has 1 saturated heterocycles. The van der Waals surface area contributed by atoms with Crippen molar-refractivity contribution in [3.8, 4) is 0 Å². The predicted octanol–water partition coefficient (Wildman–Crippen LogP) is 1.31. The third-order valence-electron chi connectivity index (χ3n) is 5.43. The third kappa shape index (κ3) is 8.03. The van der Waals surface area contributed by atoms with Crippen LogP contribution in [-0.4, -0.2) is 82.6 Å². The standard InChI is InChI=1S/C20H39NO5/c1-3-9-16(4-2)10-8-13-26-12-7-5-6-11-21-14-18(23)20(25)19(24)17(21)15-22/h3,16-20,22-25H,1,4-15H2,2H3/t16?,17-,18-,19+,20+/m0/s1. The molecule has 5 atom stereocenters. The molecule has 1 aliphatic heterocycles. The van der Waals surface area contributed by atoms with Crippen molar-refractivity contribution >= 4 is 0 Å². The van der Waals surface area contributed by atoms with Crippen LogP contribution in [0, 0.1) is 5.92 Å². The molecule has 0 aliphatic carbocycles. The second-order valence-corrected chi connectivity index (χ2v) is 7.41. The molecule has 1 heterocycles. The van der Waals surface area contributed by atoms with Gasteiger partial charge in [0.05, 0.1) is 18.8 Å². The Balaban J connectivity index is 2.07. The Bertz CT molecular complexity index is 368. The Labute approximate surface area is 158 Å². The molecule has 0 aromatic carbocycles. The van der Waals surface area contributed by atoms with E-state index >= 15 is 0 Å². The van der Waals surface area contributed by atoms with Gasteiger partial charge in [0.1, 0.15) is 12.2 Å². The number of hydrogen-bond donors (Lipinski definition) is 4. The summed E-state index contributed by atoms with van der Waals surface area (Å²) in [5.74, 6) is 0.726. The van der Waals surface area contributed by atoms with Crippen LogP contribution < -0.4 is 0 Å². The highest BCUT2D eigenvalue weighted by Gasteiger charge is 2.40. The first-order valence-electron chi connectivity index (χ1n) is 10.1.